The van der Waals surface area contributed by atoms with Crippen LogP contribution in [0.1, 0.15) is 39.5 Å². The van der Waals surface area contributed by atoms with E-state index in [4.69, 9.17) is 0 Å². The van der Waals surface area contributed by atoms with Crippen molar-refractivity contribution in [2.45, 2.75) is 45.6 Å². The lowest BCUT2D eigenvalue weighted by Gasteiger charge is -2.11. The highest BCUT2D eigenvalue weighted by Gasteiger charge is 2.20. The summed E-state index contributed by atoms with van der Waals surface area (Å²) in [7, 11) is 0. The van der Waals surface area contributed by atoms with Crippen LogP contribution in [0.4, 0.5) is 0 Å². The summed E-state index contributed by atoms with van der Waals surface area (Å²) in [4.78, 5) is 11.5. The molecular weight excluding hydrogens is 176 g/mol. The Hall–Kier alpha value is -0.570. The van der Waals surface area contributed by atoms with Crippen LogP contribution < -0.4 is 10.6 Å². The van der Waals surface area contributed by atoms with Gasteiger partial charge in [0.2, 0.25) is 5.91 Å². The Labute approximate surface area is 86.6 Å². The zero-order valence-electron chi connectivity index (χ0n) is 9.31. The molecule has 0 spiro atoms. The minimum Gasteiger partial charge on any atom is -0.355 e. The Balaban J connectivity index is 2.03. The molecule has 0 aliphatic carbocycles. The quantitative estimate of drug-likeness (QED) is 0.654. The molecule has 2 N–H and O–H groups in total. The Morgan fingerprint density at radius 3 is 2.93 bits per heavy atom. The summed E-state index contributed by atoms with van der Waals surface area (Å²) in [6, 6.07) is 0.0778. The second kappa shape index (κ2) is 6.02. The molecule has 0 aromatic carbocycles. The summed E-state index contributed by atoms with van der Waals surface area (Å²) >= 11 is 0. The third-order valence-electron chi connectivity index (χ3n) is 2.63. The van der Waals surface area contributed by atoms with Gasteiger partial charge in [0.05, 0.1) is 6.04 Å². The summed E-state index contributed by atoms with van der Waals surface area (Å²) in [5.41, 5.74) is 0. The van der Waals surface area contributed by atoms with Gasteiger partial charge in [-0.3, -0.25) is 4.79 Å². The normalized spacial score (nSPS) is 21.5. The first kappa shape index (κ1) is 11.5. The van der Waals surface area contributed by atoms with E-state index in [1.807, 2.05) is 0 Å². The Morgan fingerprint density at radius 2 is 2.36 bits per heavy atom. The molecule has 1 rings (SSSR count). The van der Waals surface area contributed by atoms with Crippen molar-refractivity contribution in [2.75, 3.05) is 13.1 Å². The molecule has 14 heavy (non-hydrogen) atoms. The van der Waals surface area contributed by atoms with Gasteiger partial charge in [0, 0.05) is 6.54 Å². The number of carbonyl (C=O) groups is 1. The van der Waals surface area contributed by atoms with Crippen molar-refractivity contribution in [3.63, 3.8) is 0 Å². The molecular formula is C11H22N2O. The minimum absolute atomic E-state index is 0.0778. The van der Waals surface area contributed by atoms with Crippen LogP contribution in [-0.2, 0) is 4.79 Å². The lowest BCUT2D eigenvalue weighted by Crippen LogP contribution is -2.40. The van der Waals surface area contributed by atoms with Crippen molar-refractivity contribution in [1.29, 1.82) is 0 Å². The van der Waals surface area contributed by atoms with Gasteiger partial charge in [-0.2, -0.15) is 0 Å². The van der Waals surface area contributed by atoms with Crippen molar-refractivity contribution < 1.29 is 4.79 Å². The molecule has 0 radical (unpaired) electrons. The van der Waals surface area contributed by atoms with E-state index in [0.29, 0.717) is 0 Å². The van der Waals surface area contributed by atoms with Gasteiger partial charge in [-0.05, 0) is 38.1 Å². The van der Waals surface area contributed by atoms with Gasteiger partial charge in [-0.25, -0.2) is 0 Å². The minimum atomic E-state index is 0.0778. The van der Waals surface area contributed by atoms with E-state index in [9.17, 15) is 4.79 Å². The molecule has 0 aromatic rings. The van der Waals surface area contributed by atoms with Crippen molar-refractivity contribution in [2.24, 2.45) is 5.92 Å². The fourth-order valence-electron chi connectivity index (χ4n) is 1.75. The molecule has 1 saturated heterocycles. The monoisotopic (exact) mass is 198 g/mol. The van der Waals surface area contributed by atoms with Gasteiger partial charge in [0.15, 0.2) is 0 Å². The predicted octanol–water partition coefficient (Wildman–Crippen LogP) is 1.29. The zero-order valence-corrected chi connectivity index (χ0v) is 9.31. The molecule has 0 bridgehead atoms. The number of carbonyl (C=O) groups excluding carboxylic acids is 1. The topological polar surface area (TPSA) is 41.1 Å². The van der Waals surface area contributed by atoms with Gasteiger partial charge in [0.25, 0.3) is 0 Å². The first-order valence-corrected chi connectivity index (χ1v) is 5.71. The van der Waals surface area contributed by atoms with Crippen molar-refractivity contribution >= 4 is 5.91 Å². The molecule has 1 fully saturated rings. The SMILES string of the molecule is CC(C)CCCNC(=O)C1CCCN1. The highest BCUT2D eigenvalue weighted by atomic mass is 16.2. The van der Waals surface area contributed by atoms with Crippen LogP contribution >= 0.6 is 0 Å². The lowest BCUT2D eigenvalue weighted by molar-refractivity contribution is -0.122. The molecule has 1 heterocycles. The molecule has 0 saturated carbocycles. The van der Waals surface area contributed by atoms with E-state index in [1.165, 1.54) is 6.42 Å². The molecule has 0 aromatic heterocycles. The fraction of sp³-hybridized carbons (Fsp3) is 0.909. The second-order valence-corrected chi connectivity index (χ2v) is 4.48. The van der Waals surface area contributed by atoms with Crippen molar-refractivity contribution in [3.05, 3.63) is 0 Å². The average molecular weight is 198 g/mol. The number of hydrogen-bond donors (Lipinski definition) is 2. The van der Waals surface area contributed by atoms with Gasteiger partial charge in [0.1, 0.15) is 0 Å². The predicted molar refractivity (Wildman–Crippen MR) is 58.1 cm³/mol. The van der Waals surface area contributed by atoms with Crippen LogP contribution in [0.15, 0.2) is 0 Å². The number of nitrogens with one attached hydrogen (secondary N) is 2. The van der Waals surface area contributed by atoms with Gasteiger partial charge in [-0.1, -0.05) is 13.8 Å². The van der Waals surface area contributed by atoms with E-state index in [2.05, 4.69) is 24.5 Å². The number of rotatable bonds is 5. The Morgan fingerprint density at radius 1 is 1.57 bits per heavy atom. The molecule has 1 unspecified atom stereocenters. The van der Waals surface area contributed by atoms with Crippen molar-refractivity contribution in [1.82, 2.24) is 10.6 Å². The molecule has 1 amide bonds. The third kappa shape index (κ3) is 4.09. The van der Waals surface area contributed by atoms with E-state index in [0.717, 1.165) is 38.3 Å². The molecule has 82 valence electrons. The fourth-order valence-corrected chi connectivity index (χ4v) is 1.75. The largest absolute Gasteiger partial charge is 0.355 e. The summed E-state index contributed by atoms with van der Waals surface area (Å²) in [5.74, 6) is 0.919. The second-order valence-electron chi connectivity index (χ2n) is 4.48. The van der Waals surface area contributed by atoms with Crippen LogP contribution in [0.3, 0.4) is 0 Å². The van der Waals surface area contributed by atoms with Crippen LogP contribution in [0.5, 0.6) is 0 Å². The van der Waals surface area contributed by atoms with Gasteiger partial charge >= 0.3 is 0 Å². The summed E-state index contributed by atoms with van der Waals surface area (Å²) < 4.78 is 0. The third-order valence-corrected chi connectivity index (χ3v) is 2.63. The Bertz CT molecular complexity index is 174. The first-order chi connectivity index (χ1) is 6.70. The molecule has 1 aliphatic rings. The van der Waals surface area contributed by atoms with Crippen LogP contribution in [0.25, 0.3) is 0 Å². The molecule has 3 heteroatoms. The first-order valence-electron chi connectivity index (χ1n) is 5.71. The lowest BCUT2D eigenvalue weighted by atomic mass is 10.1. The standard InChI is InChI=1S/C11H22N2O/c1-9(2)5-3-8-13-11(14)10-6-4-7-12-10/h9-10,12H,3-8H2,1-2H3,(H,13,14). The molecule has 3 nitrogen and oxygen atoms in total. The average Bonchev–Trinajstić information content (AvgIpc) is 2.64. The Kier molecular flexibility index (Phi) is 4.94. The summed E-state index contributed by atoms with van der Waals surface area (Å²) in [6.07, 6.45) is 4.41. The molecule has 1 atom stereocenters. The molecule has 1 aliphatic heterocycles. The van der Waals surface area contributed by atoms with Gasteiger partial charge in [-0.15, -0.1) is 0 Å². The van der Waals surface area contributed by atoms with E-state index < -0.39 is 0 Å². The summed E-state index contributed by atoms with van der Waals surface area (Å²) in [6.45, 7) is 6.24. The number of amides is 1. The maximum atomic E-state index is 11.5. The zero-order chi connectivity index (χ0) is 10.4. The van der Waals surface area contributed by atoms with E-state index in [1.54, 1.807) is 0 Å². The highest BCUT2D eigenvalue weighted by Crippen LogP contribution is 2.05. The van der Waals surface area contributed by atoms with Crippen LogP contribution in [0.2, 0.25) is 0 Å². The van der Waals surface area contributed by atoms with Crippen LogP contribution in [0, 0.1) is 5.92 Å². The van der Waals surface area contributed by atoms with Crippen LogP contribution in [-0.4, -0.2) is 25.0 Å². The smallest absolute Gasteiger partial charge is 0.237 e. The van der Waals surface area contributed by atoms with E-state index >= 15 is 0 Å². The maximum absolute atomic E-state index is 11.5. The summed E-state index contributed by atoms with van der Waals surface area (Å²) in [5, 5.41) is 6.17. The highest BCUT2D eigenvalue weighted by molar-refractivity contribution is 5.81. The number of hydrogen-bond acceptors (Lipinski definition) is 2. The van der Waals surface area contributed by atoms with Crippen molar-refractivity contribution in [3.8, 4) is 0 Å². The maximum Gasteiger partial charge on any atom is 0.237 e. The van der Waals surface area contributed by atoms with E-state index in [-0.39, 0.29) is 11.9 Å². The van der Waals surface area contributed by atoms with Gasteiger partial charge < -0.3 is 10.6 Å².